The third-order valence-corrected chi connectivity index (χ3v) is 5.84. The van der Waals surface area contributed by atoms with Crippen molar-refractivity contribution >= 4 is 5.97 Å². The van der Waals surface area contributed by atoms with E-state index in [4.69, 9.17) is 4.74 Å². The summed E-state index contributed by atoms with van der Waals surface area (Å²) in [6.07, 6.45) is 4.06. The Bertz CT molecular complexity index is 1080. The molecule has 6 nitrogen and oxygen atoms in total. The Morgan fingerprint density at radius 3 is 2.53 bits per heavy atom. The Balaban J connectivity index is 1.67. The minimum atomic E-state index is -0.333. The summed E-state index contributed by atoms with van der Waals surface area (Å²) in [5.74, 6) is -0.180. The van der Waals surface area contributed by atoms with E-state index in [0.717, 1.165) is 22.4 Å². The highest BCUT2D eigenvalue weighted by molar-refractivity contribution is 5.76. The first-order valence-electron chi connectivity index (χ1n) is 10.0. The Morgan fingerprint density at radius 1 is 1.10 bits per heavy atom. The molecule has 1 fully saturated rings. The van der Waals surface area contributed by atoms with E-state index in [1.807, 2.05) is 30.3 Å². The van der Waals surface area contributed by atoms with E-state index in [1.54, 1.807) is 30.1 Å². The quantitative estimate of drug-likeness (QED) is 0.613. The van der Waals surface area contributed by atoms with Crippen LogP contribution >= 0.6 is 0 Å². The standard InChI is InChI=1S/C24H25N3O3/c1-26-21(12-19(14-23(26)28)18-8-10-25-11-9-18)20-13-22(24(29)30-2)27(16-20)15-17-6-4-3-5-7-17/h3-12,14,20,22H,13,15-16H2,1-2H3. The van der Waals surface area contributed by atoms with Crippen molar-refractivity contribution in [3.63, 3.8) is 0 Å². The molecule has 0 saturated carbocycles. The fourth-order valence-electron chi connectivity index (χ4n) is 4.25. The first-order valence-corrected chi connectivity index (χ1v) is 10.0. The van der Waals surface area contributed by atoms with Gasteiger partial charge in [-0.2, -0.15) is 0 Å². The maximum atomic E-state index is 12.7. The monoisotopic (exact) mass is 403 g/mol. The van der Waals surface area contributed by atoms with Crippen molar-refractivity contribution in [1.82, 2.24) is 14.5 Å². The summed E-state index contributed by atoms with van der Waals surface area (Å²) in [4.78, 5) is 31.4. The van der Waals surface area contributed by atoms with Gasteiger partial charge in [-0.15, -0.1) is 0 Å². The number of carbonyl (C=O) groups is 1. The van der Waals surface area contributed by atoms with Crippen molar-refractivity contribution in [3.8, 4) is 11.1 Å². The third kappa shape index (κ3) is 4.04. The lowest BCUT2D eigenvalue weighted by Gasteiger charge is -2.22. The summed E-state index contributed by atoms with van der Waals surface area (Å²) in [5.41, 5.74) is 3.83. The molecule has 2 atom stereocenters. The van der Waals surface area contributed by atoms with E-state index < -0.39 is 0 Å². The summed E-state index contributed by atoms with van der Waals surface area (Å²) >= 11 is 0. The molecule has 1 aliphatic rings. The Hall–Kier alpha value is -3.25. The molecule has 154 valence electrons. The molecule has 3 aromatic rings. The number of nitrogens with zero attached hydrogens (tertiary/aromatic N) is 3. The number of likely N-dealkylation sites (tertiary alicyclic amines) is 1. The molecule has 3 heterocycles. The molecule has 0 bridgehead atoms. The molecule has 6 heteroatoms. The van der Waals surface area contributed by atoms with Crippen molar-refractivity contribution in [2.75, 3.05) is 13.7 Å². The number of esters is 1. The predicted molar refractivity (Wildman–Crippen MR) is 115 cm³/mol. The first kappa shape index (κ1) is 20.0. The van der Waals surface area contributed by atoms with E-state index in [0.29, 0.717) is 19.5 Å². The van der Waals surface area contributed by atoms with Crippen molar-refractivity contribution < 1.29 is 9.53 Å². The fraction of sp³-hybridized carbons (Fsp3) is 0.292. The Labute approximate surface area is 175 Å². The minimum absolute atomic E-state index is 0.0531. The molecule has 1 aromatic carbocycles. The molecule has 0 spiro atoms. The molecular formula is C24H25N3O3. The maximum absolute atomic E-state index is 12.7. The number of aromatic nitrogens is 2. The van der Waals surface area contributed by atoms with Crippen molar-refractivity contribution in [2.24, 2.45) is 7.05 Å². The number of benzene rings is 1. The zero-order valence-corrected chi connectivity index (χ0v) is 17.2. The number of carbonyl (C=O) groups excluding carboxylic acids is 1. The summed E-state index contributed by atoms with van der Waals surface area (Å²) in [6, 6.07) is 17.3. The third-order valence-electron chi connectivity index (χ3n) is 5.84. The summed E-state index contributed by atoms with van der Waals surface area (Å²) in [6.45, 7) is 1.34. The number of methoxy groups -OCH3 is 1. The summed E-state index contributed by atoms with van der Waals surface area (Å²) < 4.78 is 6.77. The number of hydrogen-bond donors (Lipinski definition) is 0. The molecule has 0 amide bonds. The van der Waals surface area contributed by atoms with Crippen LogP contribution < -0.4 is 5.56 Å². The van der Waals surface area contributed by atoms with Crippen LogP contribution in [0.2, 0.25) is 0 Å². The van der Waals surface area contributed by atoms with Gasteiger partial charge in [-0.3, -0.25) is 19.5 Å². The molecule has 0 N–H and O–H groups in total. The number of rotatable bonds is 5. The van der Waals surface area contributed by atoms with E-state index in [9.17, 15) is 9.59 Å². The normalized spacial score (nSPS) is 19.0. The lowest BCUT2D eigenvalue weighted by molar-refractivity contribution is -0.146. The van der Waals surface area contributed by atoms with Crippen LogP contribution in [-0.4, -0.2) is 40.1 Å². The van der Waals surface area contributed by atoms with Crippen LogP contribution in [0.1, 0.15) is 23.6 Å². The van der Waals surface area contributed by atoms with Gasteiger partial charge >= 0.3 is 5.97 Å². The zero-order chi connectivity index (χ0) is 21.1. The van der Waals surface area contributed by atoms with Gasteiger partial charge < -0.3 is 9.30 Å². The molecule has 0 radical (unpaired) electrons. The molecule has 4 rings (SSSR count). The summed E-state index contributed by atoms with van der Waals surface area (Å²) in [7, 11) is 3.22. The van der Waals surface area contributed by atoms with Gasteiger partial charge in [0.15, 0.2) is 0 Å². The van der Waals surface area contributed by atoms with Crippen LogP contribution in [0.25, 0.3) is 11.1 Å². The van der Waals surface area contributed by atoms with Gasteiger partial charge in [0.2, 0.25) is 0 Å². The zero-order valence-electron chi connectivity index (χ0n) is 17.2. The van der Waals surface area contributed by atoms with Gasteiger partial charge in [-0.25, -0.2) is 0 Å². The molecule has 2 aromatic heterocycles. The second-order valence-corrected chi connectivity index (χ2v) is 7.69. The number of pyridine rings is 2. The molecule has 1 saturated heterocycles. The lowest BCUT2D eigenvalue weighted by atomic mass is 9.97. The predicted octanol–water partition coefficient (Wildman–Crippen LogP) is 2.98. The summed E-state index contributed by atoms with van der Waals surface area (Å²) in [5, 5.41) is 0. The van der Waals surface area contributed by atoms with Gasteiger partial charge in [-0.1, -0.05) is 30.3 Å². The minimum Gasteiger partial charge on any atom is -0.468 e. The largest absolute Gasteiger partial charge is 0.468 e. The molecule has 2 unspecified atom stereocenters. The first-order chi connectivity index (χ1) is 14.6. The van der Waals surface area contributed by atoms with Gasteiger partial charge in [0.1, 0.15) is 6.04 Å². The second-order valence-electron chi connectivity index (χ2n) is 7.69. The average Bonchev–Trinajstić information content (AvgIpc) is 3.19. The Kier molecular flexibility index (Phi) is 5.77. The van der Waals surface area contributed by atoms with Crippen LogP contribution in [0.5, 0.6) is 0 Å². The van der Waals surface area contributed by atoms with E-state index in [2.05, 4.69) is 28.1 Å². The van der Waals surface area contributed by atoms with Crippen LogP contribution in [-0.2, 0) is 23.1 Å². The van der Waals surface area contributed by atoms with Crippen LogP contribution in [0, 0.1) is 0 Å². The van der Waals surface area contributed by atoms with Gasteiger partial charge in [-0.05, 0) is 41.3 Å². The SMILES string of the molecule is COC(=O)C1CC(c2cc(-c3ccncc3)cc(=O)n2C)CN1Cc1ccccc1. The number of ether oxygens (including phenoxy) is 1. The molecule has 1 aliphatic heterocycles. The maximum Gasteiger partial charge on any atom is 0.323 e. The van der Waals surface area contributed by atoms with Crippen molar-refractivity contribution in [3.05, 3.63) is 88.6 Å². The molecular weight excluding hydrogens is 378 g/mol. The van der Waals surface area contributed by atoms with Crippen LogP contribution in [0.15, 0.2) is 71.8 Å². The van der Waals surface area contributed by atoms with Gasteiger partial charge in [0.25, 0.3) is 5.56 Å². The molecule has 0 aliphatic carbocycles. The van der Waals surface area contributed by atoms with Gasteiger partial charge in [0.05, 0.1) is 7.11 Å². The topological polar surface area (TPSA) is 64.4 Å². The van der Waals surface area contributed by atoms with E-state index >= 15 is 0 Å². The average molecular weight is 403 g/mol. The van der Waals surface area contributed by atoms with E-state index in [-0.39, 0.29) is 23.5 Å². The lowest BCUT2D eigenvalue weighted by Crippen LogP contribution is -2.36. The Morgan fingerprint density at radius 2 is 1.83 bits per heavy atom. The van der Waals surface area contributed by atoms with Crippen molar-refractivity contribution in [1.29, 1.82) is 0 Å². The molecule has 30 heavy (non-hydrogen) atoms. The van der Waals surface area contributed by atoms with Gasteiger partial charge in [0, 0.05) is 50.2 Å². The van der Waals surface area contributed by atoms with Crippen LogP contribution in [0.4, 0.5) is 0 Å². The highest BCUT2D eigenvalue weighted by atomic mass is 16.5. The van der Waals surface area contributed by atoms with Crippen molar-refractivity contribution in [2.45, 2.75) is 24.9 Å². The highest BCUT2D eigenvalue weighted by Gasteiger charge is 2.39. The second kappa shape index (κ2) is 8.63. The van der Waals surface area contributed by atoms with Crippen LogP contribution in [0.3, 0.4) is 0 Å². The highest BCUT2D eigenvalue weighted by Crippen LogP contribution is 2.34. The van der Waals surface area contributed by atoms with E-state index in [1.165, 1.54) is 7.11 Å². The fourth-order valence-corrected chi connectivity index (χ4v) is 4.25. The smallest absolute Gasteiger partial charge is 0.323 e. The number of hydrogen-bond acceptors (Lipinski definition) is 5.